The summed E-state index contributed by atoms with van der Waals surface area (Å²) < 4.78 is 0. The summed E-state index contributed by atoms with van der Waals surface area (Å²) in [6.45, 7) is 4.54. The maximum absolute atomic E-state index is 2.40. The van der Waals surface area contributed by atoms with Gasteiger partial charge in [-0.05, 0) is 38.5 Å². The van der Waals surface area contributed by atoms with Crippen LogP contribution in [0.25, 0.3) is 0 Å². The first kappa shape index (κ1) is 27.5. The molecule has 0 bridgehead atoms. The van der Waals surface area contributed by atoms with E-state index < -0.39 is 0 Å². The van der Waals surface area contributed by atoms with Crippen LogP contribution in [-0.4, -0.2) is 0 Å². The Bertz CT molecular complexity index is 280. The van der Waals surface area contributed by atoms with E-state index in [1.165, 1.54) is 141 Å². The predicted octanol–water partition coefficient (Wildman–Crippen LogP) is 10.7. The smallest absolute Gasteiger partial charge is 0.0351 e. The first-order valence-corrected chi connectivity index (χ1v) is 13.2. The topological polar surface area (TPSA) is 0 Å². The lowest BCUT2D eigenvalue weighted by Crippen LogP contribution is -1.83. The van der Waals surface area contributed by atoms with Gasteiger partial charge in [-0.25, -0.2) is 0 Å². The number of hydrogen-bond donors (Lipinski definition) is 0. The minimum absolute atomic E-state index is 1.29. The van der Waals surface area contributed by atoms with Crippen LogP contribution in [0.15, 0.2) is 24.3 Å². The van der Waals surface area contributed by atoms with Crippen LogP contribution in [0.3, 0.4) is 0 Å². The van der Waals surface area contributed by atoms with Crippen LogP contribution in [0.4, 0.5) is 0 Å². The monoisotopic (exact) mass is 390 g/mol. The number of unbranched alkanes of at least 4 members (excludes halogenated alkanes) is 19. The highest BCUT2D eigenvalue weighted by molar-refractivity contribution is 4.81. The zero-order chi connectivity index (χ0) is 20.4. The molecule has 0 saturated heterocycles. The lowest BCUT2D eigenvalue weighted by molar-refractivity contribution is 0.534. The molecular weight excluding hydrogens is 336 g/mol. The minimum Gasteiger partial charge on any atom is -0.0885 e. The van der Waals surface area contributed by atoms with E-state index >= 15 is 0 Å². The Morgan fingerprint density at radius 2 is 0.500 bits per heavy atom. The van der Waals surface area contributed by atoms with Crippen molar-refractivity contribution in [1.82, 2.24) is 0 Å². The van der Waals surface area contributed by atoms with Gasteiger partial charge in [-0.3, -0.25) is 0 Å². The molecule has 0 aromatic rings. The summed E-state index contributed by atoms with van der Waals surface area (Å²) in [5, 5.41) is 0. The molecule has 0 radical (unpaired) electrons. The Balaban J connectivity index is 3.05. The fraction of sp³-hybridized carbons (Fsp3) is 0.857. The van der Waals surface area contributed by atoms with Crippen molar-refractivity contribution in [3.8, 4) is 0 Å². The maximum atomic E-state index is 2.40. The highest BCUT2D eigenvalue weighted by Crippen LogP contribution is 2.14. The second kappa shape index (κ2) is 26.5. The van der Waals surface area contributed by atoms with Crippen molar-refractivity contribution in [2.24, 2.45) is 0 Å². The van der Waals surface area contributed by atoms with Gasteiger partial charge in [-0.15, -0.1) is 0 Å². The van der Waals surface area contributed by atoms with Crippen molar-refractivity contribution in [1.29, 1.82) is 0 Å². The van der Waals surface area contributed by atoms with Crippen LogP contribution in [0.1, 0.15) is 155 Å². The minimum atomic E-state index is 1.29. The molecule has 0 aromatic heterocycles. The van der Waals surface area contributed by atoms with Gasteiger partial charge < -0.3 is 0 Å². The summed E-state index contributed by atoms with van der Waals surface area (Å²) in [6, 6.07) is 0. The average molecular weight is 391 g/mol. The van der Waals surface area contributed by atoms with E-state index in [4.69, 9.17) is 0 Å². The van der Waals surface area contributed by atoms with Gasteiger partial charge in [-0.1, -0.05) is 141 Å². The second-order valence-corrected chi connectivity index (χ2v) is 8.75. The Morgan fingerprint density at radius 3 is 0.750 bits per heavy atom. The van der Waals surface area contributed by atoms with E-state index in [0.29, 0.717) is 0 Å². The Labute approximate surface area is 179 Å². The molecule has 166 valence electrons. The standard InChI is InChI=1S/C28H54/c1-3-5-7-9-11-13-15-17-19-21-23-25-27-28-26-24-22-20-18-16-14-12-10-8-6-4-2/h9-12H,3-8,13-28H2,1-2H3. The lowest BCUT2D eigenvalue weighted by atomic mass is 10.0. The van der Waals surface area contributed by atoms with Gasteiger partial charge in [0.25, 0.3) is 0 Å². The highest BCUT2D eigenvalue weighted by Gasteiger charge is 1.94. The van der Waals surface area contributed by atoms with Crippen molar-refractivity contribution in [2.75, 3.05) is 0 Å². The fourth-order valence-corrected chi connectivity index (χ4v) is 3.76. The molecule has 0 fully saturated rings. The molecule has 0 saturated carbocycles. The van der Waals surface area contributed by atoms with Gasteiger partial charge in [-0.2, -0.15) is 0 Å². The van der Waals surface area contributed by atoms with Crippen LogP contribution < -0.4 is 0 Å². The van der Waals surface area contributed by atoms with Crippen molar-refractivity contribution in [3.63, 3.8) is 0 Å². The van der Waals surface area contributed by atoms with Crippen molar-refractivity contribution < 1.29 is 0 Å². The van der Waals surface area contributed by atoms with Gasteiger partial charge in [0.15, 0.2) is 0 Å². The summed E-state index contributed by atoms with van der Waals surface area (Å²) in [4.78, 5) is 0. The van der Waals surface area contributed by atoms with Gasteiger partial charge in [0.1, 0.15) is 0 Å². The van der Waals surface area contributed by atoms with E-state index in [-0.39, 0.29) is 0 Å². The molecule has 0 aliphatic carbocycles. The summed E-state index contributed by atoms with van der Waals surface area (Å²) in [7, 11) is 0. The molecular formula is C28H54. The molecule has 0 N–H and O–H groups in total. The largest absolute Gasteiger partial charge is 0.0885 e. The Hall–Kier alpha value is -0.520. The number of allylic oxidation sites excluding steroid dienone is 4. The first-order valence-electron chi connectivity index (χ1n) is 13.2. The predicted molar refractivity (Wildman–Crippen MR) is 131 cm³/mol. The van der Waals surface area contributed by atoms with Gasteiger partial charge in [0.2, 0.25) is 0 Å². The summed E-state index contributed by atoms with van der Waals surface area (Å²) in [6.07, 6.45) is 40.5. The molecule has 0 aliphatic rings. The Morgan fingerprint density at radius 1 is 0.286 bits per heavy atom. The van der Waals surface area contributed by atoms with Crippen LogP contribution in [0.2, 0.25) is 0 Å². The number of rotatable bonds is 23. The maximum Gasteiger partial charge on any atom is -0.0351 e. The van der Waals surface area contributed by atoms with Crippen molar-refractivity contribution in [2.45, 2.75) is 155 Å². The van der Waals surface area contributed by atoms with E-state index in [0.717, 1.165) is 0 Å². The second-order valence-electron chi connectivity index (χ2n) is 8.75. The molecule has 0 atom stereocenters. The molecule has 0 rings (SSSR count). The summed E-state index contributed by atoms with van der Waals surface area (Å²) in [5.74, 6) is 0. The molecule has 0 aliphatic heterocycles. The first-order chi connectivity index (χ1) is 13.9. The molecule has 0 unspecified atom stereocenters. The number of hydrogen-bond acceptors (Lipinski definition) is 0. The third-order valence-corrected chi connectivity index (χ3v) is 5.77. The van der Waals surface area contributed by atoms with Crippen LogP contribution in [0, 0.1) is 0 Å². The zero-order valence-electron chi connectivity index (χ0n) is 19.9. The molecule has 0 heterocycles. The zero-order valence-corrected chi connectivity index (χ0v) is 19.9. The third-order valence-electron chi connectivity index (χ3n) is 5.77. The van der Waals surface area contributed by atoms with Crippen molar-refractivity contribution in [3.05, 3.63) is 24.3 Å². The highest BCUT2D eigenvalue weighted by atomic mass is 14.0. The van der Waals surface area contributed by atoms with Crippen molar-refractivity contribution >= 4 is 0 Å². The fourth-order valence-electron chi connectivity index (χ4n) is 3.76. The molecule has 28 heavy (non-hydrogen) atoms. The third kappa shape index (κ3) is 25.5. The molecule has 0 heteroatoms. The van der Waals surface area contributed by atoms with Gasteiger partial charge in [0, 0.05) is 0 Å². The van der Waals surface area contributed by atoms with Crippen LogP contribution in [-0.2, 0) is 0 Å². The molecule has 0 nitrogen and oxygen atoms in total. The molecule has 0 aromatic carbocycles. The average Bonchev–Trinajstić information content (AvgIpc) is 2.71. The van der Waals surface area contributed by atoms with E-state index in [1.54, 1.807) is 0 Å². The van der Waals surface area contributed by atoms with Gasteiger partial charge >= 0.3 is 0 Å². The van der Waals surface area contributed by atoms with E-state index in [9.17, 15) is 0 Å². The summed E-state index contributed by atoms with van der Waals surface area (Å²) in [5.41, 5.74) is 0. The molecule has 0 amide bonds. The summed E-state index contributed by atoms with van der Waals surface area (Å²) >= 11 is 0. The lowest BCUT2D eigenvalue weighted by Gasteiger charge is -2.03. The molecule has 0 spiro atoms. The van der Waals surface area contributed by atoms with Gasteiger partial charge in [0.05, 0.1) is 0 Å². The quantitative estimate of drug-likeness (QED) is 0.120. The Kier molecular flexibility index (Phi) is 26.0. The van der Waals surface area contributed by atoms with E-state index in [1.807, 2.05) is 0 Å². The SMILES string of the molecule is CCCCC=CCCCCCCCCCCCCCCCCC=CCCCC. The van der Waals surface area contributed by atoms with Crippen LogP contribution >= 0.6 is 0 Å². The normalized spacial score (nSPS) is 11.9. The van der Waals surface area contributed by atoms with E-state index in [2.05, 4.69) is 38.2 Å². The van der Waals surface area contributed by atoms with Crippen LogP contribution in [0.5, 0.6) is 0 Å².